The summed E-state index contributed by atoms with van der Waals surface area (Å²) < 4.78 is 0. The predicted molar refractivity (Wildman–Crippen MR) is 74.4 cm³/mol. The van der Waals surface area contributed by atoms with Crippen molar-refractivity contribution in [3.05, 3.63) is 23.8 Å². The number of benzene rings is 1. The lowest BCUT2D eigenvalue weighted by Gasteiger charge is -2.36. The molecular formula is C14H20N2O3. The van der Waals surface area contributed by atoms with Gasteiger partial charge in [-0.3, -0.25) is 4.79 Å². The number of fused-ring (bicyclic) bond motifs is 1. The summed E-state index contributed by atoms with van der Waals surface area (Å²) in [5, 5.41) is 19.2. The molecule has 19 heavy (non-hydrogen) atoms. The molecule has 2 rings (SSSR count). The largest absolute Gasteiger partial charge is 0.394 e. The Kier molecular flexibility index (Phi) is 3.28. The highest BCUT2D eigenvalue weighted by molar-refractivity contribution is 6.03. The first kappa shape index (κ1) is 13.8. The fourth-order valence-electron chi connectivity index (χ4n) is 2.15. The highest BCUT2D eigenvalue weighted by Gasteiger charge is 2.34. The lowest BCUT2D eigenvalue weighted by Crippen LogP contribution is -2.44. The van der Waals surface area contributed by atoms with E-state index in [0.717, 1.165) is 11.4 Å². The monoisotopic (exact) mass is 264 g/mol. The maximum atomic E-state index is 11.7. The van der Waals surface area contributed by atoms with E-state index in [4.69, 9.17) is 0 Å². The SMILES string of the molecule is CN1C(=O)C(O)c2ccc(N(C)C(C)(C)CO)cc21. The maximum Gasteiger partial charge on any atom is 0.260 e. The van der Waals surface area contributed by atoms with Crippen molar-refractivity contribution in [3.63, 3.8) is 0 Å². The molecule has 2 N–H and O–H groups in total. The summed E-state index contributed by atoms with van der Waals surface area (Å²) in [5.41, 5.74) is 1.85. The number of amides is 1. The third-order valence-corrected chi connectivity index (χ3v) is 3.92. The van der Waals surface area contributed by atoms with Gasteiger partial charge in [-0.15, -0.1) is 0 Å². The van der Waals surface area contributed by atoms with Gasteiger partial charge in [0.2, 0.25) is 0 Å². The van der Waals surface area contributed by atoms with Crippen LogP contribution in [-0.4, -0.2) is 42.4 Å². The highest BCUT2D eigenvalue weighted by atomic mass is 16.3. The number of nitrogens with zero attached hydrogens (tertiary/aromatic N) is 2. The molecule has 5 nitrogen and oxygen atoms in total. The Hall–Kier alpha value is -1.59. The number of hydrogen-bond acceptors (Lipinski definition) is 4. The molecule has 1 aliphatic heterocycles. The van der Waals surface area contributed by atoms with Crippen LogP contribution in [0.3, 0.4) is 0 Å². The second kappa shape index (κ2) is 4.51. The predicted octanol–water partition coefficient (Wildman–Crippen LogP) is 0.903. The molecule has 0 fully saturated rings. The van der Waals surface area contributed by atoms with E-state index in [1.165, 1.54) is 4.90 Å². The van der Waals surface area contributed by atoms with Gasteiger partial charge in [-0.1, -0.05) is 6.07 Å². The molecule has 1 aromatic carbocycles. The third-order valence-electron chi connectivity index (χ3n) is 3.92. The summed E-state index contributed by atoms with van der Waals surface area (Å²) in [5.74, 6) is -0.309. The van der Waals surface area contributed by atoms with Crippen molar-refractivity contribution in [2.75, 3.05) is 30.5 Å². The molecule has 0 radical (unpaired) electrons. The molecule has 1 atom stereocenters. The molecule has 1 aliphatic rings. The van der Waals surface area contributed by atoms with Crippen molar-refractivity contribution in [2.45, 2.75) is 25.5 Å². The number of rotatable bonds is 3. The van der Waals surface area contributed by atoms with E-state index in [9.17, 15) is 15.0 Å². The first-order valence-electron chi connectivity index (χ1n) is 6.24. The van der Waals surface area contributed by atoms with Gasteiger partial charge in [0.15, 0.2) is 6.10 Å². The Morgan fingerprint density at radius 1 is 1.42 bits per heavy atom. The Morgan fingerprint density at radius 3 is 2.63 bits per heavy atom. The van der Waals surface area contributed by atoms with E-state index in [-0.39, 0.29) is 12.5 Å². The Bertz CT molecular complexity index is 513. The van der Waals surface area contributed by atoms with Crippen LogP contribution in [0.4, 0.5) is 11.4 Å². The van der Waals surface area contributed by atoms with Crippen molar-refractivity contribution in [3.8, 4) is 0 Å². The third kappa shape index (κ3) is 2.09. The van der Waals surface area contributed by atoms with Gasteiger partial charge in [-0.05, 0) is 26.0 Å². The van der Waals surface area contributed by atoms with Gasteiger partial charge in [-0.2, -0.15) is 0 Å². The standard InChI is InChI=1S/C14H20N2O3/c1-14(2,8-17)16(4)9-5-6-10-11(7-9)15(3)13(19)12(10)18/h5-7,12,17-18H,8H2,1-4H3. The van der Waals surface area contributed by atoms with Crippen molar-refractivity contribution in [2.24, 2.45) is 0 Å². The number of carbonyl (C=O) groups is 1. The number of carbonyl (C=O) groups excluding carboxylic acids is 1. The molecule has 5 heteroatoms. The smallest absolute Gasteiger partial charge is 0.260 e. The molecule has 1 aromatic rings. The van der Waals surface area contributed by atoms with E-state index in [2.05, 4.69) is 0 Å². The van der Waals surface area contributed by atoms with Crippen LogP contribution in [0, 0.1) is 0 Å². The van der Waals surface area contributed by atoms with Crippen molar-refractivity contribution < 1.29 is 15.0 Å². The minimum absolute atomic E-state index is 0.0258. The molecule has 0 saturated carbocycles. The molecule has 0 saturated heterocycles. The summed E-state index contributed by atoms with van der Waals surface area (Å²) in [6.45, 7) is 3.89. The van der Waals surface area contributed by atoms with Crippen molar-refractivity contribution in [1.29, 1.82) is 0 Å². The maximum absolute atomic E-state index is 11.7. The van der Waals surface area contributed by atoms with Gasteiger partial charge >= 0.3 is 0 Å². The van der Waals surface area contributed by atoms with E-state index in [1.54, 1.807) is 13.1 Å². The summed E-state index contributed by atoms with van der Waals surface area (Å²) in [4.78, 5) is 15.1. The van der Waals surface area contributed by atoms with Crippen LogP contribution in [0.15, 0.2) is 18.2 Å². The fraction of sp³-hybridized carbons (Fsp3) is 0.500. The van der Waals surface area contributed by atoms with Gasteiger partial charge in [0.05, 0.1) is 17.8 Å². The van der Waals surface area contributed by atoms with Crippen molar-refractivity contribution in [1.82, 2.24) is 0 Å². The molecular weight excluding hydrogens is 244 g/mol. The Balaban J connectivity index is 2.41. The van der Waals surface area contributed by atoms with Crippen LogP contribution in [0.2, 0.25) is 0 Å². The summed E-state index contributed by atoms with van der Waals surface area (Å²) >= 11 is 0. The average Bonchev–Trinajstić information content (AvgIpc) is 2.62. The zero-order valence-corrected chi connectivity index (χ0v) is 11.7. The fourth-order valence-corrected chi connectivity index (χ4v) is 2.15. The first-order valence-corrected chi connectivity index (χ1v) is 6.24. The summed E-state index contributed by atoms with van der Waals surface area (Å²) in [6.07, 6.45) is -1.06. The minimum Gasteiger partial charge on any atom is -0.394 e. The highest BCUT2D eigenvalue weighted by Crippen LogP contribution is 2.38. The van der Waals surface area contributed by atoms with E-state index >= 15 is 0 Å². The second-order valence-corrected chi connectivity index (χ2v) is 5.57. The second-order valence-electron chi connectivity index (χ2n) is 5.57. The zero-order valence-electron chi connectivity index (χ0n) is 11.7. The summed E-state index contributed by atoms with van der Waals surface area (Å²) in [7, 11) is 3.55. The lowest BCUT2D eigenvalue weighted by molar-refractivity contribution is -0.125. The number of aliphatic hydroxyl groups excluding tert-OH is 2. The van der Waals surface area contributed by atoms with Gasteiger partial charge in [0.25, 0.3) is 5.91 Å². The number of anilines is 2. The van der Waals surface area contributed by atoms with Gasteiger partial charge in [-0.25, -0.2) is 0 Å². The molecule has 0 bridgehead atoms. The summed E-state index contributed by atoms with van der Waals surface area (Å²) in [6, 6.07) is 5.48. The zero-order chi connectivity index (χ0) is 14.4. The Labute approximate surface area is 113 Å². The van der Waals surface area contributed by atoms with Crippen LogP contribution >= 0.6 is 0 Å². The van der Waals surface area contributed by atoms with Gasteiger partial charge in [0.1, 0.15) is 0 Å². The van der Waals surface area contributed by atoms with Gasteiger partial charge < -0.3 is 20.0 Å². The normalized spacial score (nSPS) is 18.7. The average molecular weight is 264 g/mol. The lowest BCUT2D eigenvalue weighted by atomic mass is 10.0. The topological polar surface area (TPSA) is 64.0 Å². The number of likely N-dealkylation sites (N-methyl/N-ethyl adjacent to an activating group) is 2. The molecule has 1 unspecified atom stereocenters. The molecule has 104 valence electrons. The van der Waals surface area contributed by atoms with Crippen molar-refractivity contribution >= 4 is 17.3 Å². The Morgan fingerprint density at radius 2 is 2.05 bits per heavy atom. The number of aliphatic hydroxyl groups is 2. The molecule has 0 aromatic heterocycles. The van der Waals surface area contributed by atoms with E-state index in [1.807, 2.05) is 37.9 Å². The van der Waals surface area contributed by atoms with Crippen LogP contribution in [0.1, 0.15) is 25.5 Å². The molecule has 0 spiro atoms. The van der Waals surface area contributed by atoms with Crippen LogP contribution in [0.25, 0.3) is 0 Å². The van der Waals surface area contributed by atoms with Crippen LogP contribution < -0.4 is 9.80 Å². The van der Waals surface area contributed by atoms with Crippen LogP contribution in [-0.2, 0) is 4.79 Å². The van der Waals surface area contributed by atoms with Gasteiger partial charge in [0, 0.05) is 25.3 Å². The minimum atomic E-state index is -1.06. The quantitative estimate of drug-likeness (QED) is 0.851. The molecule has 1 amide bonds. The van der Waals surface area contributed by atoms with E-state index in [0.29, 0.717) is 5.56 Å². The van der Waals surface area contributed by atoms with E-state index < -0.39 is 11.6 Å². The number of hydrogen-bond donors (Lipinski definition) is 2. The molecule has 0 aliphatic carbocycles. The first-order chi connectivity index (χ1) is 8.79. The molecule has 1 heterocycles. The van der Waals surface area contributed by atoms with Crippen LogP contribution in [0.5, 0.6) is 0 Å².